The minimum atomic E-state index is -0.304. The van der Waals surface area contributed by atoms with Crippen molar-refractivity contribution in [2.45, 2.75) is 6.92 Å². The third-order valence-electron chi connectivity index (χ3n) is 4.45. The van der Waals surface area contributed by atoms with E-state index in [1.807, 2.05) is 11.8 Å². The first-order chi connectivity index (χ1) is 12.1. The Kier molecular flexibility index (Phi) is 4.17. The van der Waals surface area contributed by atoms with Crippen molar-refractivity contribution in [1.82, 2.24) is 9.47 Å². The van der Waals surface area contributed by atoms with Crippen LogP contribution in [0.2, 0.25) is 0 Å². The van der Waals surface area contributed by atoms with Gasteiger partial charge in [0.15, 0.2) is 11.5 Å². The summed E-state index contributed by atoms with van der Waals surface area (Å²) in [6.07, 6.45) is 1.69. The number of hydrogen-bond donors (Lipinski definition) is 0. The molecule has 130 valence electrons. The molecule has 2 aromatic rings. The number of fused-ring (bicyclic) bond motifs is 1. The summed E-state index contributed by atoms with van der Waals surface area (Å²) in [5, 5.41) is 0. The first kappa shape index (κ1) is 16.1. The van der Waals surface area contributed by atoms with Crippen molar-refractivity contribution in [3.8, 4) is 17.2 Å². The first-order valence-electron chi connectivity index (χ1n) is 8.14. The third-order valence-corrected chi connectivity index (χ3v) is 5.39. The molecule has 0 saturated carbocycles. The Morgan fingerprint density at radius 1 is 1.12 bits per heavy atom. The van der Waals surface area contributed by atoms with Gasteiger partial charge in [-0.05, 0) is 30.7 Å². The van der Waals surface area contributed by atoms with Crippen molar-refractivity contribution < 1.29 is 14.3 Å². The zero-order valence-corrected chi connectivity index (χ0v) is 14.7. The smallest absolute Gasteiger partial charge is 0.268 e. The number of aromatic nitrogens is 1. The predicted molar refractivity (Wildman–Crippen MR) is 96.1 cm³/mol. The Balaban J connectivity index is 1.75. The Morgan fingerprint density at radius 3 is 2.68 bits per heavy atom. The second kappa shape index (κ2) is 6.48. The van der Waals surface area contributed by atoms with Crippen molar-refractivity contribution in [1.29, 1.82) is 0 Å². The van der Waals surface area contributed by atoms with Crippen LogP contribution in [-0.4, -0.2) is 46.8 Å². The van der Waals surface area contributed by atoms with Crippen LogP contribution in [0.15, 0.2) is 35.3 Å². The van der Waals surface area contributed by atoms with Crippen molar-refractivity contribution in [2.75, 3.05) is 31.4 Å². The molecular formula is C18H18N2O4S. The van der Waals surface area contributed by atoms with Gasteiger partial charge in [0.1, 0.15) is 5.56 Å². The summed E-state index contributed by atoms with van der Waals surface area (Å²) in [6, 6.07) is 7.12. The van der Waals surface area contributed by atoms with Gasteiger partial charge in [-0.2, -0.15) is 11.8 Å². The lowest BCUT2D eigenvalue weighted by atomic mass is 10.1. The van der Waals surface area contributed by atoms with Gasteiger partial charge in [-0.3, -0.25) is 14.2 Å². The normalized spacial score (nSPS) is 16.1. The van der Waals surface area contributed by atoms with Crippen LogP contribution in [-0.2, 0) is 0 Å². The second-order valence-corrected chi connectivity index (χ2v) is 7.22. The number of carbonyl (C=O) groups is 1. The summed E-state index contributed by atoms with van der Waals surface area (Å²) in [4.78, 5) is 27.7. The van der Waals surface area contributed by atoms with Gasteiger partial charge in [0.2, 0.25) is 6.79 Å². The van der Waals surface area contributed by atoms with Crippen LogP contribution in [0, 0.1) is 6.92 Å². The highest BCUT2D eigenvalue weighted by Crippen LogP contribution is 2.33. The molecule has 1 saturated heterocycles. The van der Waals surface area contributed by atoms with E-state index in [9.17, 15) is 9.59 Å². The zero-order chi connectivity index (χ0) is 17.4. The summed E-state index contributed by atoms with van der Waals surface area (Å²) in [7, 11) is 0. The van der Waals surface area contributed by atoms with E-state index in [-0.39, 0.29) is 23.8 Å². The lowest BCUT2D eigenvalue weighted by Gasteiger charge is -2.27. The molecule has 0 bridgehead atoms. The van der Waals surface area contributed by atoms with Gasteiger partial charge in [0.05, 0.1) is 5.69 Å². The lowest BCUT2D eigenvalue weighted by molar-refractivity contribution is 0.0769. The van der Waals surface area contributed by atoms with E-state index < -0.39 is 0 Å². The minimum Gasteiger partial charge on any atom is -0.454 e. The fraction of sp³-hybridized carbons (Fsp3) is 0.333. The molecule has 4 rings (SSSR count). The number of thioether (sulfide) groups is 1. The topological polar surface area (TPSA) is 60.8 Å². The van der Waals surface area contributed by atoms with Crippen LogP contribution in [0.1, 0.15) is 15.9 Å². The van der Waals surface area contributed by atoms with Crippen LogP contribution in [0.25, 0.3) is 5.69 Å². The Hall–Kier alpha value is -2.41. The summed E-state index contributed by atoms with van der Waals surface area (Å²) in [5.74, 6) is 2.90. The van der Waals surface area contributed by atoms with Gasteiger partial charge in [0, 0.05) is 36.9 Å². The van der Waals surface area contributed by atoms with E-state index in [1.165, 1.54) is 4.57 Å². The van der Waals surface area contributed by atoms with E-state index >= 15 is 0 Å². The molecule has 1 aromatic heterocycles. The van der Waals surface area contributed by atoms with Crippen molar-refractivity contribution in [3.05, 3.63) is 51.9 Å². The number of aryl methyl sites for hydroxylation is 1. The molecule has 0 unspecified atom stereocenters. The maximum absolute atomic E-state index is 13.0. The Morgan fingerprint density at radius 2 is 1.88 bits per heavy atom. The van der Waals surface area contributed by atoms with Gasteiger partial charge in [0.25, 0.3) is 11.5 Å². The molecular weight excluding hydrogens is 340 g/mol. The summed E-state index contributed by atoms with van der Waals surface area (Å²) in [5.41, 5.74) is 1.29. The Bertz CT molecular complexity index is 887. The molecule has 25 heavy (non-hydrogen) atoms. The van der Waals surface area contributed by atoms with Crippen molar-refractivity contribution in [2.24, 2.45) is 0 Å². The van der Waals surface area contributed by atoms with Crippen LogP contribution >= 0.6 is 11.8 Å². The number of carbonyl (C=O) groups excluding carboxylic acids is 1. The van der Waals surface area contributed by atoms with Crippen LogP contribution in [0.5, 0.6) is 11.5 Å². The molecule has 1 fully saturated rings. The van der Waals surface area contributed by atoms with E-state index in [4.69, 9.17) is 9.47 Å². The second-order valence-electron chi connectivity index (χ2n) is 5.99. The summed E-state index contributed by atoms with van der Waals surface area (Å²) in [6.45, 7) is 3.35. The monoisotopic (exact) mass is 358 g/mol. The largest absolute Gasteiger partial charge is 0.454 e. The molecule has 7 heteroatoms. The standard InChI is InChI=1S/C18H18N2O4S/c1-12-4-5-20(13-2-3-14-15(10-13)24-11-23-14)18(22)16(12)17(21)19-6-8-25-9-7-19/h2-5,10H,6-9,11H2,1H3. The molecule has 3 heterocycles. The maximum Gasteiger partial charge on any atom is 0.268 e. The van der Waals surface area contributed by atoms with E-state index in [0.717, 1.165) is 11.5 Å². The van der Waals surface area contributed by atoms with Gasteiger partial charge in [-0.25, -0.2) is 0 Å². The average Bonchev–Trinajstić information content (AvgIpc) is 3.10. The molecule has 6 nitrogen and oxygen atoms in total. The van der Waals surface area contributed by atoms with E-state index in [0.29, 0.717) is 35.8 Å². The molecule has 0 spiro atoms. The van der Waals surface area contributed by atoms with E-state index in [2.05, 4.69) is 0 Å². The number of amides is 1. The average molecular weight is 358 g/mol. The van der Waals surface area contributed by atoms with Gasteiger partial charge >= 0.3 is 0 Å². The van der Waals surface area contributed by atoms with Crippen molar-refractivity contribution >= 4 is 17.7 Å². The number of hydrogen-bond acceptors (Lipinski definition) is 5. The molecule has 1 aromatic carbocycles. The molecule has 2 aliphatic heterocycles. The van der Waals surface area contributed by atoms with Gasteiger partial charge < -0.3 is 14.4 Å². The maximum atomic E-state index is 13.0. The molecule has 0 radical (unpaired) electrons. The fourth-order valence-electron chi connectivity index (χ4n) is 3.05. The highest BCUT2D eigenvalue weighted by atomic mass is 32.2. The summed E-state index contributed by atoms with van der Waals surface area (Å²) < 4.78 is 12.2. The molecule has 0 aliphatic carbocycles. The van der Waals surface area contributed by atoms with Crippen molar-refractivity contribution in [3.63, 3.8) is 0 Å². The lowest BCUT2D eigenvalue weighted by Crippen LogP contribution is -2.41. The number of ether oxygens (including phenoxy) is 2. The molecule has 1 amide bonds. The molecule has 0 N–H and O–H groups in total. The highest BCUT2D eigenvalue weighted by molar-refractivity contribution is 7.99. The minimum absolute atomic E-state index is 0.179. The predicted octanol–water partition coefficient (Wildman–Crippen LogP) is 2.06. The van der Waals surface area contributed by atoms with Crippen LogP contribution in [0.3, 0.4) is 0 Å². The van der Waals surface area contributed by atoms with Crippen LogP contribution in [0.4, 0.5) is 0 Å². The number of benzene rings is 1. The Labute approximate surface area is 149 Å². The number of rotatable bonds is 2. The zero-order valence-electron chi connectivity index (χ0n) is 13.9. The number of pyridine rings is 1. The SMILES string of the molecule is Cc1ccn(-c2ccc3c(c2)OCO3)c(=O)c1C(=O)N1CCSCC1. The van der Waals surface area contributed by atoms with Gasteiger partial charge in [-0.15, -0.1) is 0 Å². The summed E-state index contributed by atoms with van der Waals surface area (Å²) >= 11 is 1.83. The first-order valence-corrected chi connectivity index (χ1v) is 9.30. The van der Waals surface area contributed by atoms with Crippen LogP contribution < -0.4 is 15.0 Å². The van der Waals surface area contributed by atoms with Gasteiger partial charge in [-0.1, -0.05) is 0 Å². The quantitative estimate of drug-likeness (QED) is 0.822. The van der Waals surface area contributed by atoms with E-state index in [1.54, 1.807) is 42.3 Å². The fourth-order valence-corrected chi connectivity index (χ4v) is 3.95. The number of nitrogens with zero attached hydrogens (tertiary/aromatic N) is 2. The molecule has 2 aliphatic rings. The highest BCUT2D eigenvalue weighted by Gasteiger charge is 2.24. The third kappa shape index (κ3) is 2.89. The molecule has 0 atom stereocenters.